The van der Waals surface area contributed by atoms with Gasteiger partial charge in [-0.05, 0) is 43.7 Å². The second kappa shape index (κ2) is 8.95. The summed E-state index contributed by atoms with van der Waals surface area (Å²) in [5.41, 5.74) is 6.21. The number of amides is 1. The van der Waals surface area contributed by atoms with Crippen molar-refractivity contribution >= 4 is 23.1 Å². The van der Waals surface area contributed by atoms with Crippen LogP contribution in [-0.4, -0.2) is 34.6 Å². The molecule has 3 aliphatic rings. The molecule has 1 aromatic carbocycles. The monoisotopic (exact) mass is 421 g/mol. The lowest BCUT2D eigenvalue weighted by Gasteiger charge is -2.38. The van der Waals surface area contributed by atoms with Gasteiger partial charge in [0.05, 0.1) is 5.69 Å². The number of aromatic nitrogens is 1. The molecule has 166 valence electrons. The summed E-state index contributed by atoms with van der Waals surface area (Å²) in [6, 6.07) is 10.8. The second-order valence-corrected chi connectivity index (χ2v) is 9.55. The van der Waals surface area contributed by atoms with Gasteiger partial charge in [0.25, 0.3) is 5.91 Å². The zero-order chi connectivity index (χ0) is 21.2. The van der Waals surface area contributed by atoms with Crippen molar-refractivity contribution in [3.8, 4) is 0 Å². The molecule has 1 aliphatic heterocycles. The van der Waals surface area contributed by atoms with Gasteiger partial charge in [0.2, 0.25) is 0 Å². The van der Waals surface area contributed by atoms with E-state index in [1.165, 1.54) is 44.9 Å². The van der Waals surface area contributed by atoms with E-state index in [1.54, 1.807) is 5.01 Å². The van der Waals surface area contributed by atoms with Gasteiger partial charge in [0.15, 0.2) is 0 Å². The summed E-state index contributed by atoms with van der Waals surface area (Å²) >= 11 is 0. The summed E-state index contributed by atoms with van der Waals surface area (Å²) in [5, 5.41) is 9.07. The Kier molecular flexibility index (Phi) is 5.90. The number of carbonyl (C=O) groups excluding carboxylic acids is 1. The molecule has 0 bridgehead atoms. The Hall–Kier alpha value is -2.47. The minimum absolute atomic E-state index is 0.0207. The van der Waals surface area contributed by atoms with Crippen LogP contribution < -0.4 is 16.1 Å². The van der Waals surface area contributed by atoms with Crippen LogP contribution in [0.25, 0.3) is 0 Å². The molecule has 2 aliphatic carbocycles. The fourth-order valence-corrected chi connectivity index (χ4v) is 5.60. The Labute approximate surface area is 185 Å². The Bertz CT molecular complexity index is 902. The van der Waals surface area contributed by atoms with Crippen molar-refractivity contribution in [2.24, 2.45) is 5.92 Å². The Morgan fingerprint density at radius 2 is 1.68 bits per heavy atom. The number of rotatable bonds is 4. The average molecular weight is 422 g/mol. The molecule has 0 spiro atoms. The molecule has 0 saturated heterocycles. The molecule has 0 unspecified atom stereocenters. The standard InChI is InChI=1S/C25H35N5O/c1-29-25(31)23-22(27-20-14-8-9-15-21(20)28-29)17-30(16-18-10-4-2-5-11-18)24(23)26-19-12-6-3-7-13-19/h3,6-7,12-13,17-18,20-21,26-28H,2,4-5,8-11,14-16H2,1H3/t20-,21+/m0/s1. The van der Waals surface area contributed by atoms with Crippen molar-refractivity contribution in [1.82, 2.24) is 15.0 Å². The molecule has 0 radical (unpaired) electrons. The molecule has 1 aromatic heterocycles. The number of carbonyl (C=O) groups is 1. The molecule has 31 heavy (non-hydrogen) atoms. The first-order chi connectivity index (χ1) is 15.2. The quantitative estimate of drug-likeness (QED) is 0.641. The third-order valence-corrected chi connectivity index (χ3v) is 7.28. The van der Waals surface area contributed by atoms with Crippen LogP contribution in [0.1, 0.15) is 68.1 Å². The van der Waals surface area contributed by atoms with E-state index in [2.05, 4.69) is 39.0 Å². The molecular weight excluding hydrogens is 386 g/mol. The maximum atomic E-state index is 13.6. The summed E-state index contributed by atoms with van der Waals surface area (Å²) in [7, 11) is 1.87. The van der Waals surface area contributed by atoms with Crippen LogP contribution in [0.15, 0.2) is 36.5 Å². The molecule has 2 atom stereocenters. The Morgan fingerprint density at radius 3 is 2.45 bits per heavy atom. The molecular formula is C25H35N5O. The van der Waals surface area contributed by atoms with E-state index in [0.717, 1.165) is 42.1 Å². The molecule has 3 N–H and O–H groups in total. The summed E-state index contributed by atoms with van der Waals surface area (Å²) in [5.74, 6) is 1.61. The van der Waals surface area contributed by atoms with E-state index in [4.69, 9.17) is 0 Å². The van der Waals surface area contributed by atoms with Crippen molar-refractivity contribution < 1.29 is 4.79 Å². The first-order valence-corrected chi connectivity index (χ1v) is 12.0. The van der Waals surface area contributed by atoms with E-state index in [1.807, 2.05) is 25.2 Å². The highest BCUT2D eigenvalue weighted by atomic mass is 16.2. The number of hydrogen-bond acceptors (Lipinski definition) is 4. The molecule has 2 fully saturated rings. The maximum absolute atomic E-state index is 13.6. The van der Waals surface area contributed by atoms with E-state index in [9.17, 15) is 4.79 Å². The van der Waals surface area contributed by atoms with Gasteiger partial charge in [-0.2, -0.15) is 0 Å². The highest BCUT2D eigenvalue weighted by molar-refractivity contribution is 6.05. The predicted molar refractivity (Wildman–Crippen MR) is 126 cm³/mol. The SMILES string of the molecule is CN1N[C@@H]2CCCC[C@@H]2Nc2cn(CC3CCCCC3)c(Nc3ccccc3)c2C1=O. The number of anilines is 3. The first-order valence-electron chi connectivity index (χ1n) is 12.0. The lowest BCUT2D eigenvalue weighted by atomic mass is 9.89. The van der Waals surface area contributed by atoms with Gasteiger partial charge >= 0.3 is 0 Å². The van der Waals surface area contributed by atoms with Crippen LogP contribution in [0.2, 0.25) is 0 Å². The summed E-state index contributed by atoms with van der Waals surface area (Å²) in [6.45, 7) is 0.961. The third-order valence-electron chi connectivity index (χ3n) is 7.28. The lowest BCUT2D eigenvalue weighted by molar-refractivity contribution is 0.0652. The lowest BCUT2D eigenvalue weighted by Crippen LogP contribution is -2.55. The van der Waals surface area contributed by atoms with Gasteiger partial charge in [0, 0.05) is 37.6 Å². The van der Waals surface area contributed by atoms with Gasteiger partial charge in [0.1, 0.15) is 11.4 Å². The van der Waals surface area contributed by atoms with Gasteiger partial charge in [-0.15, -0.1) is 0 Å². The highest BCUT2D eigenvalue weighted by Crippen LogP contribution is 2.36. The molecule has 5 rings (SSSR count). The van der Waals surface area contributed by atoms with E-state index in [-0.39, 0.29) is 5.91 Å². The number of nitrogens with zero attached hydrogens (tertiary/aromatic N) is 2. The first kappa shape index (κ1) is 20.4. The Morgan fingerprint density at radius 1 is 0.968 bits per heavy atom. The van der Waals surface area contributed by atoms with E-state index in [0.29, 0.717) is 18.0 Å². The predicted octanol–water partition coefficient (Wildman–Crippen LogP) is 5.13. The molecule has 1 amide bonds. The number of fused-ring (bicyclic) bond motifs is 2. The molecule has 2 aromatic rings. The largest absolute Gasteiger partial charge is 0.379 e. The number of hydrogen-bond donors (Lipinski definition) is 3. The molecule has 6 heteroatoms. The smallest absolute Gasteiger partial charge is 0.273 e. The van der Waals surface area contributed by atoms with Gasteiger partial charge in [-0.1, -0.05) is 50.3 Å². The summed E-state index contributed by atoms with van der Waals surface area (Å²) in [6.07, 6.45) is 13.4. The molecule has 2 saturated carbocycles. The molecule has 2 heterocycles. The van der Waals surface area contributed by atoms with Crippen LogP contribution in [0.3, 0.4) is 0 Å². The fraction of sp³-hybridized carbons (Fsp3) is 0.560. The van der Waals surface area contributed by atoms with Crippen molar-refractivity contribution in [2.75, 3.05) is 17.7 Å². The van der Waals surface area contributed by atoms with Gasteiger partial charge in [-0.3, -0.25) is 9.80 Å². The van der Waals surface area contributed by atoms with Gasteiger partial charge in [-0.25, -0.2) is 5.43 Å². The van der Waals surface area contributed by atoms with Crippen LogP contribution in [-0.2, 0) is 6.54 Å². The number of benzene rings is 1. The van der Waals surface area contributed by atoms with Gasteiger partial charge < -0.3 is 15.2 Å². The van der Waals surface area contributed by atoms with Crippen LogP contribution in [0.5, 0.6) is 0 Å². The minimum atomic E-state index is 0.0207. The van der Waals surface area contributed by atoms with Crippen molar-refractivity contribution in [1.29, 1.82) is 0 Å². The third kappa shape index (κ3) is 4.31. The zero-order valence-corrected chi connectivity index (χ0v) is 18.6. The zero-order valence-electron chi connectivity index (χ0n) is 18.6. The highest BCUT2D eigenvalue weighted by Gasteiger charge is 2.34. The van der Waals surface area contributed by atoms with Crippen molar-refractivity contribution in [3.05, 3.63) is 42.1 Å². The second-order valence-electron chi connectivity index (χ2n) is 9.55. The number of nitrogens with one attached hydrogen (secondary N) is 3. The van der Waals surface area contributed by atoms with E-state index < -0.39 is 0 Å². The topological polar surface area (TPSA) is 61.3 Å². The maximum Gasteiger partial charge on any atom is 0.273 e. The normalized spacial score (nSPS) is 24.5. The van der Waals surface area contributed by atoms with E-state index >= 15 is 0 Å². The van der Waals surface area contributed by atoms with Crippen LogP contribution in [0, 0.1) is 5.92 Å². The van der Waals surface area contributed by atoms with Crippen LogP contribution in [0.4, 0.5) is 17.2 Å². The Balaban J connectivity index is 1.54. The average Bonchev–Trinajstić information content (AvgIpc) is 3.11. The minimum Gasteiger partial charge on any atom is -0.379 e. The summed E-state index contributed by atoms with van der Waals surface area (Å²) < 4.78 is 2.30. The van der Waals surface area contributed by atoms with Crippen LogP contribution >= 0.6 is 0 Å². The molecule has 6 nitrogen and oxygen atoms in total. The summed E-state index contributed by atoms with van der Waals surface area (Å²) in [4.78, 5) is 13.6. The number of hydrazine groups is 1. The van der Waals surface area contributed by atoms with Crippen molar-refractivity contribution in [2.45, 2.75) is 76.4 Å². The fourth-order valence-electron chi connectivity index (χ4n) is 5.60. The number of para-hydroxylation sites is 1. The van der Waals surface area contributed by atoms with Crippen molar-refractivity contribution in [3.63, 3.8) is 0 Å².